The third kappa shape index (κ3) is 3.23. The van der Waals surface area contributed by atoms with Gasteiger partial charge in [-0.15, -0.1) is 0 Å². The van der Waals surface area contributed by atoms with E-state index in [1.54, 1.807) is 0 Å². The molecule has 2 aliphatic heterocycles. The molecule has 100 valence electrons. The molecule has 2 heterocycles. The molecule has 2 heteroatoms. The molecule has 0 radical (unpaired) electrons. The fourth-order valence-corrected chi connectivity index (χ4v) is 3.70. The average molecular weight is 238 g/mol. The van der Waals surface area contributed by atoms with Crippen LogP contribution in [0.2, 0.25) is 0 Å². The number of nitrogens with one attached hydrogen (secondary N) is 1. The SMILES string of the molecule is CCCC1CCCCN1CC1(CC)CCNC1. The standard InChI is InChI=1S/C15H30N2/c1-3-7-14-8-5-6-11-17(14)13-15(4-2)9-10-16-12-15/h14,16H,3-13H2,1-2H3. The van der Waals surface area contributed by atoms with Crippen LogP contribution in [-0.2, 0) is 0 Å². The maximum absolute atomic E-state index is 3.57. The van der Waals surface area contributed by atoms with Crippen LogP contribution in [0.4, 0.5) is 0 Å². The highest BCUT2D eigenvalue weighted by atomic mass is 15.2. The van der Waals surface area contributed by atoms with E-state index in [0.717, 1.165) is 6.04 Å². The Balaban J connectivity index is 1.94. The molecule has 0 aromatic heterocycles. The van der Waals surface area contributed by atoms with Crippen molar-refractivity contribution in [1.82, 2.24) is 10.2 Å². The van der Waals surface area contributed by atoms with Gasteiger partial charge < -0.3 is 5.32 Å². The van der Waals surface area contributed by atoms with Gasteiger partial charge in [0, 0.05) is 19.1 Å². The number of piperidine rings is 1. The predicted octanol–water partition coefficient (Wildman–Crippen LogP) is 3.03. The van der Waals surface area contributed by atoms with Gasteiger partial charge in [0.15, 0.2) is 0 Å². The molecule has 2 nitrogen and oxygen atoms in total. The molecule has 17 heavy (non-hydrogen) atoms. The molecule has 0 aromatic carbocycles. The smallest absolute Gasteiger partial charge is 0.00954 e. The summed E-state index contributed by atoms with van der Waals surface area (Å²) in [6.07, 6.45) is 9.81. The molecule has 2 unspecified atom stereocenters. The van der Waals surface area contributed by atoms with E-state index in [-0.39, 0.29) is 0 Å². The molecule has 2 fully saturated rings. The van der Waals surface area contributed by atoms with E-state index in [2.05, 4.69) is 24.1 Å². The number of likely N-dealkylation sites (tertiary alicyclic amines) is 1. The third-order valence-corrected chi connectivity index (χ3v) is 4.99. The number of rotatable bonds is 5. The summed E-state index contributed by atoms with van der Waals surface area (Å²) in [6.45, 7) is 9.90. The van der Waals surface area contributed by atoms with Gasteiger partial charge >= 0.3 is 0 Å². The Morgan fingerprint density at radius 1 is 1.29 bits per heavy atom. The minimum Gasteiger partial charge on any atom is -0.316 e. The lowest BCUT2D eigenvalue weighted by Crippen LogP contribution is -2.46. The molecule has 2 saturated heterocycles. The summed E-state index contributed by atoms with van der Waals surface area (Å²) < 4.78 is 0. The number of nitrogens with zero attached hydrogens (tertiary/aromatic N) is 1. The van der Waals surface area contributed by atoms with Gasteiger partial charge in [-0.3, -0.25) is 4.90 Å². The van der Waals surface area contributed by atoms with Crippen molar-refractivity contribution in [3.8, 4) is 0 Å². The van der Waals surface area contributed by atoms with Crippen molar-refractivity contribution in [1.29, 1.82) is 0 Å². The topological polar surface area (TPSA) is 15.3 Å². The van der Waals surface area contributed by atoms with E-state index >= 15 is 0 Å². The minimum absolute atomic E-state index is 0.587. The first-order valence-corrected chi connectivity index (χ1v) is 7.74. The Kier molecular flexibility index (Phi) is 4.87. The first-order valence-electron chi connectivity index (χ1n) is 7.74. The van der Waals surface area contributed by atoms with Crippen molar-refractivity contribution < 1.29 is 0 Å². The fraction of sp³-hybridized carbons (Fsp3) is 1.00. The van der Waals surface area contributed by atoms with Crippen molar-refractivity contribution in [3.63, 3.8) is 0 Å². The zero-order valence-electron chi connectivity index (χ0n) is 11.8. The maximum Gasteiger partial charge on any atom is 0.00954 e. The molecule has 0 aliphatic carbocycles. The second kappa shape index (κ2) is 6.19. The predicted molar refractivity (Wildman–Crippen MR) is 74.3 cm³/mol. The summed E-state index contributed by atoms with van der Waals surface area (Å²) in [5.41, 5.74) is 0.587. The fourth-order valence-electron chi connectivity index (χ4n) is 3.70. The van der Waals surface area contributed by atoms with Crippen LogP contribution >= 0.6 is 0 Å². The van der Waals surface area contributed by atoms with Crippen molar-refractivity contribution >= 4 is 0 Å². The van der Waals surface area contributed by atoms with E-state index < -0.39 is 0 Å². The lowest BCUT2D eigenvalue weighted by molar-refractivity contribution is 0.0807. The van der Waals surface area contributed by atoms with Gasteiger partial charge in [-0.2, -0.15) is 0 Å². The summed E-state index contributed by atoms with van der Waals surface area (Å²) in [6, 6.07) is 0.887. The quantitative estimate of drug-likeness (QED) is 0.792. The Morgan fingerprint density at radius 2 is 2.18 bits per heavy atom. The molecule has 2 aliphatic rings. The largest absolute Gasteiger partial charge is 0.316 e. The van der Waals surface area contributed by atoms with Gasteiger partial charge in [-0.25, -0.2) is 0 Å². The van der Waals surface area contributed by atoms with Crippen LogP contribution in [0.1, 0.15) is 58.8 Å². The van der Waals surface area contributed by atoms with Gasteiger partial charge in [0.2, 0.25) is 0 Å². The molecule has 0 saturated carbocycles. The molecule has 1 N–H and O–H groups in total. The van der Waals surface area contributed by atoms with Crippen molar-refractivity contribution in [2.75, 3.05) is 26.2 Å². The molecule has 0 spiro atoms. The van der Waals surface area contributed by atoms with Gasteiger partial charge in [-0.05, 0) is 50.6 Å². The Bertz CT molecular complexity index is 219. The Morgan fingerprint density at radius 3 is 2.82 bits per heavy atom. The number of hydrogen-bond acceptors (Lipinski definition) is 2. The molecular formula is C15H30N2. The summed E-state index contributed by atoms with van der Waals surface area (Å²) >= 11 is 0. The van der Waals surface area contributed by atoms with Crippen LogP contribution in [-0.4, -0.2) is 37.1 Å². The molecule has 2 rings (SSSR count). The average Bonchev–Trinajstić information content (AvgIpc) is 2.81. The van der Waals surface area contributed by atoms with Crippen LogP contribution in [0, 0.1) is 5.41 Å². The van der Waals surface area contributed by atoms with Gasteiger partial charge in [-0.1, -0.05) is 26.7 Å². The van der Waals surface area contributed by atoms with E-state index in [9.17, 15) is 0 Å². The van der Waals surface area contributed by atoms with Crippen LogP contribution < -0.4 is 5.32 Å². The highest BCUT2D eigenvalue weighted by molar-refractivity contribution is 4.91. The van der Waals surface area contributed by atoms with Gasteiger partial charge in [0.05, 0.1) is 0 Å². The lowest BCUT2D eigenvalue weighted by Gasteiger charge is -2.41. The van der Waals surface area contributed by atoms with E-state index in [1.165, 1.54) is 71.1 Å². The molecule has 2 atom stereocenters. The maximum atomic E-state index is 3.57. The molecular weight excluding hydrogens is 208 g/mol. The molecule has 0 aromatic rings. The van der Waals surface area contributed by atoms with E-state index in [1.807, 2.05) is 0 Å². The molecule has 0 amide bonds. The third-order valence-electron chi connectivity index (χ3n) is 4.99. The second-order valence-corrected chi connectivity index (χ2v) is 6.19. The van der Waals surface area contributed by atoms with Crippen LogP contribution in [0.15, 0.2) is 0 Å². The van der Waals surface area contributed by atoms with Gasteiger partial charge in [0.1, 0.15) is 0 Å². The van der Waals surface area contributed by atoms with Crippen molar-refractivity contribution in [2.24, 2.45) is 5.41 Å². The monoisotopic (exact) mass is 238 g/mol. The summed E-state index contributed by atoms with van der Waals surface area (Å²) in [4.78, 5) is 2.82. The Hall–Kier alpha value is -0.0800. The van der Waals surface area contributed by atoms with Crippen LogP contribution in [0.3, 0.4) is 0 Å². The zero-order valence-corrected chi connectivity index (χ0v) is 11.8. The normalized spacial score (nSPS) is 35.3. The minimum atomic E-state index is 0.587. The van der Waals surface area contributed by atoms with Crippen LogP contribution in [0.5, 0.6) is 0 Å². The van der Waals surface area contributed by atoms with Gasteiger partial charge in [0.25, 0.3) is 0 Å². The molecule has 0 bridgehead atoms. The summed E-state index contributed by atoms with van der Waals surface area (Å²) in [7, 11) is 0. The zero-order chi connectivity index (χ0) is 12.1. The lowest BCUT2D eigenvalue weighted by atomic mass is 9.82. The van der Waals surface area contributed by atoms with E-state index in [0.29, 0.717) is 5.41 Å². The highest BCUT2D eigenvalue weighted by Crippen LogP contribution is 2.33. The number of hydrogen-bond donors (Lipinski definition) is 1. The summed E-state index contributed by atoms with van der Waals surface area (Å²) in [5.74, 6) is 0. The second-order valence-electron chi connectivity index (χ2n) is 6.19. The summed E-state index contributed by atoms with van der Waals surface area (Å²) in [5, 5.41) is 3.57. The highest BCUT2D eigenvalue weighted by Gasteiger charge is 2.36. The first-order chi connectivity index (χ1) is 8.29. The Labute approximate surface area is 107 Å². The van der Waals surface area contributed by atoms with Crippen molar-refractivity contribution in [2.45, 2.75) is 64.8 Å². The van der Waals surface area contributed by atoms with Crippen molar-refractivity contribution in [3.05, 3.63) is 0 Å². The van der Waals surface area contributed by atoms with Crippen LogP contribution in [0.25, 0.3) is 0 Å². The van der Waals surface area contributed by atoms with E-state index in [4.69, 9.17) is 0 Å². The first kappa shape index (κ1) is 13.4.